The lowest BCUT2D eigenvalue weighted by atomic mass is 10.0. The molecule has 1 saturated carbocycles. The molecule has 0 bridgehead atoms. The molecule has 2 fully saturated rings. The molecule has 2 atom stereocenters. The zero-order valence-electron chi connectivity index (χ0n) is 14.5. The van der Waals surface area contributed by atoms with E-state index in [1.54, 1.807) is 18.2 Å². The van der Waals surface area contributed by atoms with E-state index in [9.17, 15) is 24.3 Å². The number of aliphatic hydroxyl groups is 1. The van der Waals surface area contributed by atoms with Gasteiger partial charge in [0.1, 0.15) is 6.23 Å². The molecule has 9 nitrogen and oxygen atoms in total. The molecule has 1 aromatic rings. The van der Waals surface area contributed by atoms with Gasteiger partial charge in [-0.1, -0.05) is 6.07 Å². The summed E-state index contributed by atoms with van der Waals surface area (Å²) in [6.07, 6.45) is 0.991. The summed E-state index contributed by atoms with van der Waals surface area (Å²) in [7, 11) is 0. The van der Waals surface area contributed by atoms with E-state index in [1.807, 2.05) is 0 Å². The van der Waals surface area contributed by atoms with Crippen molar-refractivity contribution in [1.29, 1.82) is 0 Å². The number of carbonyl (C=O) groups is 4. The van der Waals surface area contributed by atoms with E-state index in [1.165, 1.54) is 0 Å². The lowest BCUT2D eigenvalue weighted by molar-refractivity contribution is -0.129. The monoisotopic (exact) mass is 372 g/mol. The Labute approximate surface area is 155 Å². The number of amides is 4. The van der Waals surface area contributed by atoms with Crippen LogP contribution in [0.4, 0.5) is 5.69 Å². The molecule has 3 aliphatic rings. The van der Waals surface area contributed by atoms with Crippen molar-refractivity contribution in [3.8, 4) is 0 Å². The molecule has 2 unspecified atom stereocenters. The first-order valence-electron chi connectivity index (χ1n) is 8.97. The third kappa shape index (κ3) is 3.25. The molecule has 1 aromatic carbocycles. The number of fused-ring (bicyclic) bond motifs is 1. The molecule has 27 heavy (non-hydrogen) atoms. The second kappa shape index (κ2) is 6.66. The van der Waals surface area contributed by atoms with Crippen LogP contribution in [0.5, 0.6) is 0 Å². The molecule has 2 aliphatic heterocycles. The molecule has 1 saturated heterocycles. The van der Waals surface area contributed by atoms with E-state index in [0.717, 1.165) is 17.7 Å². The predicted octanol–water partition coefficient (Wildman–Crippen LogP) is -0.430. The van der Waals surface area contributed by atoms with Gasteiger partial charge < -0.3 is 21.1 Å². The molecule has 9 heteroatoms. The first kappa shape index (κ1) is 17.5. The van der Waals surface area contributed by atoms with Gasteiger partial charge in [0.2, 0.25) is 11.8 Å². The number of benzene rings is 1. The number of rotatable bonds is 5. The van der Waals surface area contributed by atoms with Gasteiger partial charge in [-0.25, -0.2) is 0 Å². The number of hydrogen-bond acceptors (Lipinski definition) is 6. The summed E-state index contributed by atoms with van der Waals surface area (Å²) >= 11 is 0. The standard InChI is InChI=1S/C18H20N4O5/c23-13-7-6-12(16(25)21-13)22-17(26)10-2-1-3-11(15(10)18(22)27)19-8-14(24)20-9-4-5-9/h1-3,9,12,16,19,25H,4-8H2,(H,20,24)(H,21,23). The van der Waals surface area contributed by atoms with Crippen molar-refractivity contribution in [3.63, 3.8) is 0 Å². The summed E-state index contributed by atoms with van der Waals surface area (Å²) in [5.74, 6) is -1.55. The van der Waals surface area contributed by atoms with Crippen molar-refractivity contribution < 1.29 is 24.3 Å². The Balaban J connectivity index is 1.53. The number of anilines is 1. The van der Waals surface area contributed by atoms with Crippen molar-refractivity contribution in [2.75, 3.05) is 11.9 Å². The number of nitrogens with one attached hydrogen (secondary N) is 3. The minimum absolute atomic E-state index is 0.00344. The van der Waals surface area contributed by atoms with Gasteiger partial charge in [-0.05, 0) is 31.4 Å². The van der Waals surface area contributed by atoms with Crippen molar-refractivity contribution >= 4 is 29.3 Å². The Hall–Kier alpha value is -2.94. The minimum atomic E-state index is -1.30. The molecule has 2 heterocycles. The van der Waals surface area contributed by atoms with Crippen LogP contribution in [-0.4, -0.2) is 58.5 Å². The van der Waals surface area contributed by atoms with Gasteiger partial charge in [-0.15, -0.1) is 0 Å². The van der Waals surface area contributed by atoms with Crippen LogP contribution in [0.15, 0.2) is 18.2 Å². The number of hydrogen-bond donors (Lipinski definition) is 4. The Morgan fingerprint density at radius 1 is 1.19 bits per heavy atom. The lowest BCUT2D eigenvalue weighted by Crippen LogP contribution is -2.57. The highest BCUT2D eigenvalue weighted by Crippen LogP contribution is 2.32. The van der Waals surface area contributed by atoms with Crippen molar-refractivity contribution in [2.45, 2.75) is 44.0 Å². The van der Waals surface area contributed by atoms with Crippen LogP contribution in [0.2, 0.25) is 0 Å². The van der Waals surface area contributed by atoms with E-state index >= 15 is 0 Å². The molecule has 0 spiro atoms. The van der Waals surface area contributed by atoms with Crippen LogP contribution in [0.1, 0.15) is 46.4 Å². The molecular weight excluding hydrogens is 352 g/mol. The van der Waals surface area contributed by atoms with Crippen molar-refractivity contribution in [2.24, 2.45) is 0 Å². The lowest BCUT2D eigenvalue weighted by Gasteiger charge is -2.33. The molecule has 0 radical (unpaired) electrons. The molecule has 0 aromatic heterocycles. The van der Waals surface area contributed by atoms with Gasteiger partial charge >= 0.3 is 0 Å². The summed E-state index contributed by atoms with van der Waals surface area (Å²) in [5, 5.41) is 18.2. The molecule has 4 amide bonds. The first-order chi connectivity index (χ1) is 13.0. The van der Waals surface area contributed by atoms with E-state index in [4.69, 9.17) is 0 Å². The fraction of sp³-hybridized carbons (Fsp3) is 0.444. The SMILES string of the molecule is O=C(CNc1cccc2c1C(=O)N(C1CCC(=O)NC1O)C2=O)NC1CC1. The topological polar surface area (TPSA) is 128 Å². The fourth-order valence-corrected chi connectivity index (χ4v) is 3.47. The molecule has 1 aliphatic carbocycles. The molecule has 4 N–H and O–H groups in total. The normalized spacial score (nSPS) is 24.5. The van der Waals surface area contributed by atoms with Gasteiger partial charge in [-0.2, -0.15) is 0 Å². The van der Waals surface area contributed by atoms with E-state index in [2.05, 4.69) is 16.0 Å². The van der Waals surface area contributed by atoms with Gasteiger partial charge in [0.25, 0.3) is 11.8 Å². The number of nitrogens with zero attached hydrogens (tertiary/aromatic N) is 1. The Kier molecular flexibility index (Phi) is 4.31. The quantitative estimate of drug-likeness (QED) is 0.520. The third-order valence-electron chi connectivity index (χ3n) is 5.00. The Morgan fingerprint density at radius 2 is 1.96 bits per heavy atom. The zero-order valence-corrected chi connectivity index (χ0v) is 14.5. The zero-order chi connectivity index (χ0) is 19.1. The summed E-state index contributed by atoms with van der Waals surface area (Å²) < 4.78 is 0. The smallest absolute Gasteiger partial charge is 0.264 e. The first-order valence-corrected chi connectivity index (χ1v) is 8.97. The van der Waals surface area contributed by atoms with Gasteiger partial charge in [0.15, 0.2) is 0 Å². The highest BCUT2D eigenvalue weighted by atomic mass is 16.3. The largest absolute Gasteiger partial charge is 0.375 e. The summed E-state index contributed by atoms with van der Waals surface area (Å²) in [6, 6.07) is 4.23. The number of carbonyl (C=O) groups excluding carboxylic acids is 4. The molecule has 4 rings (SSSR count). The Morgan fingerprint density at radius 3 is 2.67 bits per heavy atom. The number of aliphatic hydroxyl groups excluding tert-OH is 1. The second-order valence-electron chi connectivity index (χ2n) is 7.02. The van der Waals surface area contributed by atoms with Gasteiger partial charge in [0, 0.05) is 18.2 Å². The van der Waals surface area contributed by atoms with Crippen molar-refractivity contribution in [3.05, 3.63) is 29.3 Å². The van der Waals surface area contributed by atoms with E-state index < -0.39 is 24.1 Å². The van der Waals surface area contributed by atoms with Gasteiger partial charge in [-0.3, -0.25) is 24.1 Å². The highest BCUT2D eigenvalue weighted by Gasteiger charge is 2.45. The fourth-order valence-electron chi connectivity index (χ4n) is 3.47. The third-order valence-corrected chi connectivity index (χ3v) is 5.00. The highest BCUT2D eigenvalue weighted by molar-refractivity contribution is 6.24. The van der Waals surface area contributed by atoms with Crippen LogP contribution in [0.3, 0.4) is 0 Å². The van der Waals surface area contributed by atoms with Crippen molar-refractivity contribution in [1.82, 2.24) is 15.5 Å². The summed E-state index contributed by atoms with van der Waals surface area (Å²) in [4.78, 5) is 50.0. The predicted molar refractivity (Wildman–Crippen MR) is 93.8 cm³/mol. The van der Waals surface area contributed by atoms with Crippen LogP contribution < -0.4 is 16.0 Å². The van der Waals surface area contributed by atoms with Crippen LogP contribution in [0, 0.1) is 0 Å². The number of imide groups is 1. The van der Waals surface area contributed by atoms with Crippen LogP contribution >= 0.6 is 0 Å². The van der Waals surface area contributed by atoms with Crippen LogP contribution in [-0.2, 0) is 9.59 Å². The molecular formula is C18H20N4O5. The second-order valence-corrected chi connectivity index (χ2v) is 7.02. The van der Waals surface area contributed by atoms with E-state index in [-0.39, 0.29) is 48.4 Å². The average Bonchev–Trinajstić information content (AvgIpc) is 3.41. The van der Waals surface area contributed by atoms with E-state index in [0.29, 0.717) is 5.69 Å². The average molecular weight is 372 g/mol. The Bertz CT molecular complexity index is 835. The van der Waals surface area contributed by atoms with Gasteiger partial charge in [0.05, 0.1) is 23.7 Å². The molecule has 142 valence electrons. The number of piperidine rings is 1. The maximum absolute atomic E-state index is 12.9. The van der Waals surface area contributed by atoms with Crippen LogP contribution in [0.25, 0.3) is 0 Å². The maximum atomic E-state index is 12.9. The summed E-state index contributed by atoms with van der Waals surface area (Å²) in [5.41, 5.74) is 0.802. The minimum Gasteiger partial charge on any atom is -0.375 e. The maximum Gasteiger partial charge on any atom is 0.264 e. The summed E-state index contributed by atoms with van der Waals surface area (Å²) in [6.45, 7) is -0.00344.